The van der Waals surface area contributed by atoms with Gasteiger partial charge in [0.15, 0.2) is 5.78 Å². The van der Waals surface area contributed by atoms with Crippen molar-refractivity contribution in [1.29, 1.82) is 0 Å². The van der Waals surface area contributed by atoms with Crippen molar-refractivity contribution in [1.82, 2.24) is 5.32 Å². The molecular weight excluding hydrogens is 342 g/mol. The van der Waals surface area contributed by atoms with E-state index in [0.29, 0.717) is 22.7 Å². The zero-order chi connectivity index (χ0) is 19.7. The fourth-order valence-corrected chi connectivity index (χ4v) is 8.80. The van der Waals surface area contributed by atoms with Crippen LogP contribution in [0.1, 0.15) is 85.5 Å². The van der Waals surface area contributed by atoms with Gasteiger partial charge in [-0.15, -0.1) is 0 Å². The molecule has 0 aromatic carbocycles. The SMILES string of the molecule is CC1=CCC(C(C)C2CCC3C4CCC5=CC(=O)CCC5(C)C4CCC23C)N1. The summed E-state index contributed by atoms with van der Waals surface area (Å²) in [6.45, 7) is 9.93. The van der Waals surface area contributed by atoms with E-state index in [1.165, 1.54) is 56.2 Å². The highest BCUT2D eigenvalue weighted by Crippen LogP contribution is 2.67. The van der Waals surface area contributed by atoms with Crippen LogP contribution < -0.4 is 5.32 Å². The maximum absolute atomic E-state index is 12.0. The number of nitrogens with one attached hydrogen (secondary N) is 1. The molecule has 0 aromatic heterocycles. The monoisotopic (exact) mass is 381 g/mol. The molecule has 1 aliphatic heterocycles. The van der Waals surface area contributed by atoms with Crippen molar-refractivity contribution in [2.45, 2.75) is 91.5 Å². The zero-order valence-electron chi connectivity index (χ0n) is 18.4. The minimum atomic E-state index is 0.315. The van der Waals surface area contributed by atoms with Gasteiger partial charge in [-0.05, 0) is 105 Å². The van der Waals surface area contributed by atoms with E-state index in [2.05, 4.69) is 39.1 Å². The first-order chi connectivity index (χ1) is 13.3. The topological polar surface area (TPSA) is 29.1 Å². The van der Waals surface area contributed by atoms with Gasteiger partial charge in [0.1, 0.15) is 0 Å². The quantitative estimate of drug-likeness (QED) is 0.632. The molecule has 0 aromatic rings. The Labute approximate surface area is 171 Å². The molecule has 2 nitrogen and oxygen atoms in total. The van der Waals surface area contributed by atoms with Crippen molar-refractivity contribution < 1.29 is 4.79 Å². The lowest BCUT2D eigenvalue weighted by Gasteiger charge is -2.58. The molecule has 3 saturated carbocycles. The Bertz CT molecular complexity index is 735. The number of ketones is 1. The molecule has 3 fully saturated rings. The van der Waals surface area contributed by atoms with E-state index >= 15 is 0 Å². The Morgan fingerprint density at radius 2 is 1.89 bits per heavy atom. The number of carbonyl (C=O) groups excluding carboxylic acids is 1. The summed E-state index contributed by atoms with van der Waals surface area (Å²) in [4.78, 5) is 12.0. The largest absolute Gasteiger partial charge is 0.385 e. The number of carbonyl (C=O) groups is 1. The molecule has 0 spiro atoms. The van der Waals surface area contributed by atoms with Crippen LogP contribution in [-0.2, 0) is 4.79 Å². The lowest BCUT2D eigenvalue weighted by Crippen LogP contribution is -2.51. The van der Waals surface area contributed by atoms with Crippen LogP contribution in [0.3, 0.4) is 0 Å². The maximum atomic E-state index is 12.0. The number of fused-ring (bicyclic) bond motifs is 5. The molecule has 4 aliphatic carbocycles. The third kappa shape index (κ3) is 2.62. The van der Waals surface area contributed by atoms with Gasteiger partial charge in [0.2, 0.25) is 0 Å². The van der Waals surface area contributed by atoms with E-state index in [9.17, 15) is 4.79 Å². The smallest absolute Gasteiger partial charge is 0.155 e. The van der Waals surface area contributed by atoms with E-state index < -0.39 is 0 Å². The Morgan fingerprint density at radius 1 is 1.07 bits per heavy atom. The van der Waals surface area contributed by atoms with Crippen LogP contribution in [0.4, 0.5) is 0 Å². The standard InChI is InChI=1S/C26H39NO/c1-16-5-10-24(27-16)17(2)21-8-9-22-20-7-6-18-15-19(28)11-13-25(18,3)23(20)12-14-26(21,22)4/h5,15,17,20-24,27H,6-14H2,1-4H3. The van der Waals surface area contributed by atoms with Crippen LogP contribution in [0.2, 0.25) is 0 Å². The molecule has 5 rings (SSSR count). The Hall–Kier alpha value is -1.05. The first kappa shape index (κ1) is 18.9. The highest BCUT2D eigenvalue weighted by molar-refractivity contribution is 5.91. The van der Waals surface area contributed by atoms with Crippen molar-refractivity contribution in [3.05, 3.63) is 23.4 Å². The van der Waals surface area contributed by atoms with Crippen LogP contribution in [0, 0.1) is 40.4 Å². The Kier molecular flexibility index (Phi) is 4.38. The van der Waals surface area contributed by atoms with Crippen molar-refractivity contribution in [2.24, 2.45) is 40.4 Å². The van der Waals surface area contributed by atoms with Gasteiger partial charge < -0.3 is 5.32 Å². The number of hydrogen-bond donors (Lipinski definition) is 1. The fourth-order valence-electron chi connectivity index (χ4n) is 8.80. The van der Waals surface area contributed by atoms with Crippen LogP contribution in [0.5, 0.6) is 0 Å². The second-order valence-electron chi connectivity index (χ2n) is 11.4. The molecule has 154 valence electrons. The second-order valence-corrected chi connectivity index (χ2v) is 11.4. The first-order valence-corrected chi connectivity index (χ1v) is 12.0. The van der Waals surface area contributed by atoms with E-state index in [4.69, 9.17) is 0 Å². The van der Waals surface area contributed by atoms with Gasteiger partial charge in [0.25, 0.3) is 0 Å². The summed E-state index contributed by atoms with van der Waals surface area (Å²) in [5.74, 6) is 4.64. The molecule has 8 atom stereocenters. The van der Waals surface area contributed by atoms with Gasteiger partial charge in [0, 0.05) is 18.2 Å². The zero-order valence-corrected chi connectivity index (χ0v) is 18.4. The third-order valence-electron chi connectivity index (χ3n) is 10.4. The lowest BCUT2D eigenvalue weighted by atomic mass is 9.46. The summed E-state index contributed by atoms with van der Waals surface area (Å²) in [6, 6.07) is 0.654. The molecule has 0 bridgehead atoms. The minimum absolute atomic E-state index is 0.315. The van der Waals surface area contributed by atoms with Crippen LogP contribution >= 0.6 is 0 Å². The van der Waals surface area contributed by atoms with Crippen LogP contribution in [0.25, 0.3) is 0 Å². The van der Waals surface area contributed by atoms with E-state index in [1.54, 1.807) is 0 Å². The molecule has 28 heavy (non-hydrogen) atoms. The molecule has 0 radical (unpaired) electrons. The molecule has 1 heterocycles. The van der Waals surface area contributed by atoms with Gasteiger partial charge in [-0.2, -0.15) is 0 Å². The summed E-state index contributed by atoms with van der Waals surface area (Å²) >= 11 is 0. The summed E-state index contributed by atoms with van der Waals surface area (Å²) < 4.78 is 0. The van der Waals surface area contributed by atoms with Crippen LogP contribution in [-0.4, -0.2) is 11.8 Å². The maximum Gasteiger partial charge on any atom is 0.155 e. The van der Waals surface area contributed by atoms with Gasteiger partial charge in [0.05, 0.1) is 0 Å². The number of rotatable bonds is 2. The van der Waals surface area contributed by atoms with Crippen molar-refractivity contribution in [3.8, 4) is 0 Å². The molecule has 0 amide bonds. The van der Waals surface area contributed by atoms with Crippen molar-refractivity contribution >= 4 is 5.78 Å². The predicted molar refractivity (Wildman–Crippen MR) is 115 cm³/mol. The fraction of sp³-hybridized carbons (Fsp3) is 0.808. The molecule has 1 N–H and O–H groups in total. The first-order valence-electron chi connectivity index (χ1n) is 12.0. The molecular formula is C26H39NO. The Morgan fingerprint density at radius 3 is 2.64 bits per heavy atom. The average Bonchev–Trinajstić information content (AvgIpc) is 3.25. The third-order valence-corrected chi connectivity index (χ3v) is 10.4. The molecule has 0 saturated heterocycles. The van der Waals surface area contributed by atoms with Crippen molar-refractivity contribution in [3.63, 3.8) is 0 Å². The lowest BCUT2D eigenvalue weighted by molar-refractivity contribution is -0.117. The van der Waals surface area contributed by atoms with Crippen LogP contribution in [0.15, 0.2) is 23.4 Å². The van der Waals surface area contributed by atoms with Gasteiger partial charge in [-0.1, -0.05) is 32.4 Å². The number of hydrogen-bond acceptors (Lipinski definition) is 2. The summed E-state index contributed by atoms with van der Waals surface area (Å²) in [6.07, 6.45) is 15.7. The number of allylic oxidation sites excluding steroid dienone is 2. The summed E-state index contributed by atoms with van der Waals surface area (Å²) in [7, 11) is 0. The predicted octanol–water partition coefficient (Wildman–Crippen LogP) is 6.04. The van der Waals surface area contributed by atoms with Gasteiger partial charge in [-0.25, -0.2) is 0 Å². The summed E-state index contributed by atoms with van der Waals surface area (Å²) in [5.41, 5.74) is 3.73. The van der Waals surface area contributed by atoms with Gasteiger partial charge >= 0.3 is 0 Å². The second kappa shape index (κ2) is 6.47. The van der Waals surface area contributed by atoms with E-state index in [1.807, 2.05) is 6.08 Å². The highest BCUT2D eigenvalue weighted by atomic mass is 16.1. The van der Waals surface area contributed by atoms with Crippen molar-refractivity contribution in [2.75, 3.05) is 0 Å². The summed E-state index contributed by atoms with van der Waals surface area (Å²) in [5, 5.41) is 3.77. The normalized spacial score (nSPS) is 48.7. The average molecular weight is 382 g/mol. The Balaban J connectivity index is 1.38. The molecule has 2 heteroatoms. The molecule has 8 unspecified atom stereocenters. The molecule has 5 aliphatic rings. The van der Waals surface area contributed by atoms with Gasteiger partial charge in [-0.3, -0.25) is 4.79 Å². The minimum Gasteiger partial charge on any atom is -0.385 e. The highest BCUT2D eigenvalue weighted by Gasteiger charge is 2.59. The van der Waals surface area contributed by atoms with E-state index in [-0.39, 0.29) is 0 Å². The van der Waals surface area contributed by atoms with E-state index in [0.717, 1.165) is 42.4 Å².